The molecule has 18 heavy (non-hydrogen) atoms. The van der Waals surface area contributed by atoms with Crippen LogP contribution in [0, 0.1) is 22.7 Å². The third kappa shape index (κ3) is 8.78. The molecule has 0 atom stereocenters. The molecule has 0 aromatic carbocycles. The predicted octanol–water partition coefficient (Wildman–Crippen LogP) is 2.57. The number of rotatable bonds is 9. The van der Waals surface area contributed by atoms with Crippen LogP contribution in [0.1, 0.15) is 45.4 Å². The molecule has 0 fully saturated rings. The highest BCUT2D eigenvalue weighted by Crippen LogP contribution is 1.99. The standard InChI is InChI=1S/C13H22N4S/c1-2-3-4-5-10-16-13(18)17(11-6-8-14)12-7-9-15/h2-7,10-12H2,1H3,(H,16,18). The van der Waals surface area contributed by atoms with E-state index in [1.807, 2.05) is 4.90 Å². The molecule has 0 saturated carbocycles. The first-order chi connectivity index (χ1) is 8.76. The van der Waals surface area contributed by atoms with E-state index in [2.05, 4.69) is 24.4 Å². The quantitative estimate of drug-likeness (QED) is 0.513. The monoisotopic (exact) mass is 266 g/mol. The molecule has 0 aliphatic heterocycles. The van der Waals surface area contributed by atoms with E-state index in [0.29, 0.717) is 31.0 Å². The van der Waals surface area contributed by atoms with Crippen LogP contribution < -0.4 is 5.32 Å². The van der Waals surface area contributed by atoms with E-state index in [-0.39, 0.29) is 0 Å². The van der Waals surface area contributed by atoms with E-state index >= 15 is 0 Å². The Bertz CT molecular complexity index is 285. The van der Waals surface area contributed by atoms with E-state index < -0.39 is 0 Å². The van der Waals surface area contributed by atoms with Gasteiger partial charge in [0.15, 0.2) is 5.11 Å². The minimum absolute atomic E-state index is 0.434. The molecule has 0 unspecified atom stereocenters. The number of hydrogen-bond acceptors (Lipinski definition) is 3. The zero-order valence-corrected chi connectivity index (χ0v) is 11.9. The summed E-state index contributed by atoms with van der Waals surface area (Å²) >= 11 is 5.28. The molecule has 0 heterocycles. The third-order valence-corrected chi connectivity index (χ3v) is 2.98. The van der Waals surface area contributed by atoms with Gasteiger partial charge >= 0.3 is 0 Å². The molecule has 0 amide bonds. The Balaban J connectivity index is 3.89. The van der Waals surface area contributed by atoms with E-state index in [9.17, 15) is 0 Å². The number of thiocarbonyl (C=S) groups is 1. The van der Waals surface area contributed by atoms with Gasteiger partial charge in [-0.15, -0.1) is 0 Å². The van der Waals surface area contributed by atoms with Crippen LogP contribution in [0.3, 0.4) is 0 Å². The molecule has 0 aliphatic carbocycles. The highest BCUT2D eigenvalue weighted by molar-refractivity contribution is 7.80. The molecule has 1 N–H and O–H groups in total. The summed E-state index contributed by atoms with van der Waals surface area (Å²) in [5.74, 6) is 0. The van der Waals surface area contributed by atoms with Crippen molar-refractivity contribution in [3.8, 4) is 12.1 Å². The molecular formula is C13H22N4S. The maximum atomic E-state index is 8.59. The fraction of sp³-hybridized carbons (Fsp3) is 0.769. The van der Waals surface area contributed by atoms with Crippen molar-refractivity contribution in [2.75, 3.05) is 19.6 Å². The molecule has 0 bridgehead atoms. The summed E-state index contributed by atoms with van der Waals surface area (Å²) in [5, 5.41) is 21.0. The van der Waals surface area contributed by atoms with Gasteiger partial charge in [0.1, 0.15) is 0 Å². The van der Waals surface area contributed by atoms with Gasteiger partial charge in [-0.25, -0.2) is 0 Å². The number of nitriles is 2. The molecule has 0 rings (SSSR count). The average Bonchev–Trinajstić information content (AvgIpc) is 2.38. The maximum absolute atomic E-state index is 8.59. The van der Waals surface area contributed by atoms with Gasteiger partial charge in [0.2, 0.25) is 0 Å². The molecule has 5 heteroatoms. The third-order valence-electron chi connectivity index (χ3n) is 2.58. The summed E-state index contributed by atoms with van der Waals surface area (Å²) in [6.45, 7) is 4.25. The van der Waals surface area contributed by atoms with Crippen LogP contribution in [0.5, 0.6) is 0 Å². The van der Waals surface area contributed by atoms with Crippen molar-refractivity contribution >= 4 is 17.3 Å². The molecule has 0 aliphatic rings. The molecule has 0 aromatic rings. The van der Waals surface area contributed by atoms with Crippen LogP contribution in [0.4, 0.5) is 0 Å². The number of unbranched alkanes of at least 4 members (excludes halogenated alkanes) is 3. The molecular weight excluding hydrogens is 244 g/mol. The van der Waals surface area contributed by atoms with Gasteiger partial charge in [-0.3, -0.25) is 0 Å². The topological polar surface area (TPSA) is 62.9 Å². The SMILES string of the molecule is CCCCCCNC(=S)N(CCC#N)CCC#N. The Labute approximate surface area is 116 Å². The van der Waals surface area contributed by atoms with Crippen molar-refractivity contribution in [1.29, 1.82) is 10.5 Å². The van der Waals surface area contributed by atoms with E-state index in [4.69, 9.17) is 22.7 Å². The summed E-state index contributed by atoms with van der Waals surface area (Å²) in [4.78, 5) is 1.90. The second kappa shape index (κ2) is 12.1. The first-order valence-electron chi connectivity index (χ1n) is 6.53. The lowest BCUT2D eigenvalue weighted by Gasteiger charge is -2.23. The highest BCUT2D eigenvalue weighted by atomic mass is 32.1. The lowest BCUT2D eigenvalue weighted by molar-refractivity contribution is 0.427. The maximum Gasteiger partial charge on any atom is 0.168 e. The van der Waals surface area contributed by atoms with Crippen molar-refractivity contribution in [2.45, 2.75) is 45.4 Å². The van der Waals surface area contributed by atoms with Gasteiger partial charge in [0.05, 0.1) is 25.0 Å². The van der Waals surface area contributed by atoms with Crippen molar-refractivity contribution in [3.63, 3.8) is 0 Å². The lowest BCUT2D eigenvalue weighted by atomic mass is 10.2. The summed E-state index contributed by atoms with van der Waals surface area (Å²) in [7, 11) is 0. The molecule has 0 spiro atoms. The number of nitrogens with zero attached hydrogens (tertiary/aromatic N) is 3. The van der Waals surface area contributed by atoms with Crippen molar-refractivity contribution in [2.24, 2.45) is 0 Å². The number of nitrogens with one attached hydrogen (secondary N) is 1. The predicted molar refractivity (Wildman–Crippen MR) is 76.8 cm³/mol. The molecule has 100 valence electrons. The second-order valence-corrected chi connectivity index (χ2v) is 4.48. The summed E-state index contributed by atoms with van der Waals surface area (Å²) in [6, 6.07) is 4.20. The van der Waals surface area contributed by atoms with Gasteiger partial charge < -0.3 is 10.2 Å². The van der Waals surface area contributed by atoms with Gasteiger partial charge in [0, 0.05) is 19.6 Å². The van der Waals surface area contributed by atoms with Crippen molar-refractivity contribution < 1.29 is 0 Å². The van der Waals surface area contributed by atoms with Crippen LogP contribution in [0.2, 0.25) is 0 Å². The van der Waals surface area contributed by atoms with Crippen LogP contribution in [0.25, 0.3) is 0 Å². The normalized spacial score (nSPS) is 9.28. The fourth-order valence-corrected chi connectivity index (χ4v) is 1.83. The van der Waals surface area contributed by atoms with Crippen LogP contribution in [-0.2, 0) is 0 Å². The molecule has 0 saturated heterocycles. The zero-order valence-electron chi connectivity index (χ0n) is 11.1. The Morgan fingerprint density at radius 3 is 2.22 bits per heavy atom. The Morgan fingerprint density at radius 1 is 1.11 bits per heavy atom. The van der Waals surface area contributed by atoms with Gasteiger partial charge in [-0.2, -0.15) is 10.5 Å². The minimum atomic E-state index is 0.434. The average molecular weight is 266 g/mol. The first-order valence-corrected chi connectivity index (χ1v) is 6.93. The smallest absolute Gasteiger partial charge is 0.168 e. The lowest BCUT2D eigenvalue weighted by Crippen LogP contribution is -2.41. The van der Waals surface area contributed by atoms with Crippen molar-refractivity contribution in [1.82, 2.24) is 10.2 Å². The summed E-state index contributed by atoms with van der Waals surface area (Å²) in [6.07, 6.45) is 5.66. The van der Waals surface area contributed by atoms with Gasteiger partial charge in [0.25, 0.3) is 0 Å². The summed E-state index contributed by atoms with van der Waals surface area (Å²) in [5.41, 5.74) is 0. The zero-order chi connectivity index (χ0) is 13.6. The van der Waals surface area contributed by atoms with Crippen molar-refractivity contribution in [3.05, 3.63) is 0 Å². The molecule has 0 aromatic heterocycles. The van der Waals surface area contributed by atoms with E-state index in [1.54, 1.807) is 0 Å². The molecule has 0 radical (unpaired) electrons. The summed E-state index contributed by atoms with van der Waals surface area (Å²) < 4.78 is 0. The molecule has 4 nitrogen and oxygen atoms in total. The van der Waals surface area contributed by atoms with Crippen LogP contribution in [-0.4, -0.2) is 29.6 Å². The van der Waals surface area contributed by atoms with Gasteiger partial charge in [-0.05, 0) is 18.6 Å². The highest BCUT2D eigenvalue weighted by Gasteiger charge is 2.07. The van der Waals surface area contributed by atoms with Crippen LogP contribution >= 0.6 is 12.2 Å². The van der Waals surface area contributed by atoms with Gasteiger partial charge in [-0.1, -0.05) is 26.2 Å². The Kier molecular flexibility index (Phi) is 11.2. The fourth-order valence-electron chi connectivity index (χ4n) is 1.54. The Morgan fingerprint density at radius 2 is 1.72 bits per heavy atom. The Hall–Kier alpha value is -1.33. The first kappa shape index (κ1) is 16.7. The second-order valence-electron chi connectivity index (χ2n) is 4.10. The number of hydrogen-bond donors (Lipinski definition) is 1. The van der Waals surface area contributed by atoms with E-state index in [1.165, 1.54) is 19.3 Å². The van der Waals surface area contributed by atoms with E-state index in [0.717, 1.165) is 13.0 Å². The largest absolute Gasteiger partial charge is 0.363 e. The minimum Gasteiger partial charge on any atom is -0.363 e. The van der Waals surface area contributed by atoms with Crippen LogP contribution in [0.15, 0.2) is 0 Å².